The fraction of sp³-hybridized carbons (Fsp3) is 0.233. The van der Waals surface area contributed by atoms with Crippen LogP contribution in [0.1, 0.15) is 13.8 Å². The van der Waals surface area contributed by atoms with E-state index in [-0.39, 0.29) is 17.7 Å². The minimum absolute atomic E-state index is 0.148. The maximum absolute atomic E-state index is 14.2. The molecule has 1 aliphatic carbocycles. The predicted octanol–water partition coefficient (Wildman–Crippen LogP) is 3.04. The van der Waals surface area contributed by atoms with E-state index >= 15 is 0 Å². The van der Waals surface area contributed by atoms with Gasteiger partial charge in [-0.2, -0.15) is 0 Å². The zero-order chi connectivity index (χ0) is 26.9. The van der Waals surface area contributed by atoms with Gasteiger partial charge in [0, 0.05) is 33.1 Å². The van der Waals surface area contributed by atoms with Crippen LogP contribution in [0.25, 0.3) is 28.2 Å². The van der Waals surface area contributed by atoms with Gasteiger partial charge in [-0.25, -0.2) is 4.79 Å². The molecule has 2 aromatic carbocycles. The molecule has 8 heteroatoms. The number of hydrogen-bond donors (Lipinski definition) is 0. The number of carbonyl (C=O) groups is 2. The number of rotatable bonds is 3. The topological polar surface area (TPSA) is 79.5 Å². The van der Waals surface area contributed by atoms with Crippen LogP contribution in [0, 0.1) is 21.8 Å². The maximum atomic E-state index is 14.2. The maximum Gasteiger partial charge on any atom is 0.334 e. The van der Waals surface area contributed by atoms with Crippen LogP contribution in [0.3, 0.4) is 0 Å². The number of para-hydroxylation sites is 1. The van der Waals surface area contributed by atoms with Crippen molar-refractivity contribution in [3.63, 3.8) is 0 Å². The summed E-state index contributed by atoms with van der Waals surface area (Å²) in [5.41, 5.74) is 1.71. The standard InChI is InChI=1S/C30H25ClN2O5/c1-30(2)14-23-25-24(27(34)33(23)17-9-7-8-16(31)12-17)18-10-5-6-11-22(18)32-15-20(29(36)38-4)19(28(35)37-3)13-21(30)26(25)32/h5-14,20H,15H2,1-4H3. The number of aromatic nitrogens is 2. The van der Waals surface area contributed by atoms with Crippen LogP contribution >= 0.6 is 11.6 Å². The summed E-state index contributed by atoms with van der Waals surface area (Å²) in [5, 5.41) is 4.19. The van der Waals surface area contributed by atoms with Crippen LogP contribution in [-0.2, 0) is 25.6 Å². The quantitative estimate of drug-likeness (QED) is 0.382. The fourth-order valence-electron chi connectivity index (χ4n) is 5.89. The van der Waals surface area contributed by atoms with Crippen LogP contribution in [0.4, 0.5) is 0 Å². The zero-order valence-electron chi connectivity index (χ0n) is 21.4. The largest absolute Gasteiger partial charge is 0.468 e. The molecule has 0 amide bonds. The molecule has 6 rings (SSSR count). The van der Waals surface area contributed by atoms with E-state index in [0.717, 1.165) is 32.4 Å². The fourth-order valence-corrected chi connectivity index (χ4v) is 6.07. The highest BCUT2D eigenvalue weighted by Crippen LogP contribution is 2.36. The number of methoxy groups -OCH3 is 2. The summed E-state index contributed by atoms with van der Waals surface area (Å²) in [4.78, 5) is 40.2. The van der Waals surface area contributed by atoms with Crippen LogP contribution in [0.15, 0.2) is 65.0 Å². The molecule has 1 unspecified atom stereocenters. The van der Waals surface area contributed by atoms with E-state index in [1.54, 1.807) is 22.8 Å². The van der Waals surface area contributed by atoms with E-state index in [9.17, 15) is 14.4 Å². The number of esters is 2. The highest BCUT2D eigenvalue weighted by atomic mass is 35.5. The summed E-state index contributed by atoms with van der Waals surface area (Å²) in [5.74, 6) is -2.02. The highest BCUT2D eigenvalue weighted by Gasteiger charge is 2.37. The molecule has 3 aliphatic heterocycles. The highest BCUT2D eigenvalue weighted by molar-refractivity contribution is 6.30. The lowest BCUT2D eigenvalue weighted by Gasteiger charge is -2.26. The summed E-state index contributed by atoms with van der Waals surface area (Å²) in [7, 11) is 2.61. The first kappa shape index (κ1) is 24.2. The summed E-state index contributed by atoms with van der Waals surface area (Å²) in [6.07, 6.45) is 3.80. The minimum Gasteiger partial charge on any atom is -0.468 e. The Bertz CT molecular complexity index is 1980. The van der Waals surface area contributed by atoms with Gasteiger partial charge in [-0.3, -0.25) is 14.2 Å². The van der Waals surface area contributed by atoms with Crippen molar-refractivity contribution >= 4 is 46.1 Å². The molecule has 0 bridgehead atoms. The number of allylic oxidation sites excluding steroid dienone is 1. The van der Waals surface area contributed by atoms with Crippen molar-refractivity contribution in [2.45, 2.75) is 20.4 Å². The third-order valence-electron chi connectivity index (χ3n) is 7.60. The Morgan fingerprint density at radius 2 is 1.79 bits per heavy atom. The number of fused-ring (bicyclic) bond motifs is 3. The molecule has 0 fully saturated rings. The molecular weight excluding hydrogens is 504 g/mol. The second-order valence-electron chi connectivity index (χ2n) is 10.2. The van der Waals surface area contributed by atoms with E-state index in [2.05, 4.69) is 0 Å². The average molecular weight is 529 g/mol. The first-order valence-electron chi connectivity index (χ1n) is 12.2. The predicted molar refractivity (Wildman–Crippen MR) is 144 cm³/mol. The van der Waals surface area contributed by atoms with Crippen molar-refractivity contribution in [1.29, 1.82) is 0 Å². The van der Waals surface area contributed by atoms with Crippen LogP contribution in [0.5, 0.6) is 0 Å². The van der Waals surface area contributed by atoms with Crippen LogP contribution < -0.4 is 16.3 Å². The monoisotopic (exact) mass is 528 g/mol. The molecule has 7 nitrogen and oxygen atoms in total. The molecule has 0 aromatic heterocycles. The number of ether oxygens (including phenoxy) is 2. The third-order valence-corrected chi connectivity index (χ3v) is 7.83. The number of carbonyl (C=O) groups excluding carboxylic acids is 2. The Morgan fingerprint density at radius 3 is 2.50 bits per heavy atom. The van der Waals surface area contributed by atoms with Crippen molar-refractivity contribution < 1.29 is 19.1 Å². The van der Waals surface area contributed by atoms with Crippen molar-refractivity contribution in [2.75, 3.05) is 14.2 Å². The van der Waals surface area contributed by atoms with Gasteiger partial charge in [-0.15, -0.1) is 0 Å². The first-order chi connectivity index (χ1) is 18.2. The van der Waals surface area contributed by atoms with Crippen molar-refractivity contribution in [1.82, 2.24) is 9.13 Å². The summed E-state index contributed by atoms with van der Waals surface area (Å²) in [6, 6.07) is 14.9. The van der Waals surface area contributed by atoms with Gasteiger partial charge >= 0.3 is 11.9 Å². The average Bonchev–Trinajstić information content (AvgIpc) is 3.06. The Balaban J connectivity index is 1.91. The second kappa shape index (κ2) is 8.46. The normalized spacial score (nSPS) is 17.6. The molecular formula is C30H25ClN2O5. The van der Waals surface area contributed by atoms with E-state index in [1.165, 1.54) is 14.2 Å². The van der Waals surface area contributed by atoms with E-state index < -0.39 is 23.3 Å². The number of benzene rings is 2. The van der Waals surface area contributed by atoms with Gasteiger partial charge in [0.15, 0.2) is 0 Å². The Hall–Kier alpha value is -4.10. The van der Waals surface area contributed by atoms with Gasteiger partial charge in [-0.05, 0) is 42.0 Å². The molecule has 3 heterocycles. The Labute approximate surface area is 222 Å². The number of halogens is 1. The molecule has 0 radical (unpaired) electrons. The smallest absolute Gasteiger partial charge is 0.334 e. The van der Waals surface area contributed by atoms with Gasteiger partial charge in [-0.1, -0.05) is 49.7 Å². The Kier molecular flexibility index (Phi) is 5.40. The van der Waals surface area contributed by atoms with E-state index in [4.69, 9.17) is 21.1 Å². The molecule has 192 valence electrons. The lowest BCUT2D eigenvalue weighted by molar-refractivity contribution is -0.147. The van der Waals surface area contributed by atoms with Crippen LogP contribution in [0.2, 0.25) is 5.02 Å². The van der Waals surface area contributed by atoms with Crippen molar-refractivity contribution in [3.8, 4) is 5.69 Å². The lowest BCUT2D eigenvalue weighted by atomic mass is 9.79. The van der Waals surface area contributed by atoms with E-state index in [0.29, 0.717) is 15.9 Å². The molecule has 0 N–H and O–H groups in total. The van der Waals surface area contributed by atoms with Crippen molar-refractivity contribution in [3.05, 3.63) is 96.7 Å². The number of hydrogen-bond acceptors (Lipinski definition) is 5. The first-order valence-corrected chi connectivity index (χ1v) is 12.6. The SMILES string of the molecule is COC(=O)C1=CC2=c3c4c(n(-c5cccc(Cl)c5)c(=O)c=4c4ccccc4n3CC1C(=O)OC)=CC2(C)C. The number of nitrogens with zero attached hydrogens (tertiary/aromatic N) is 2. The molecule has 0 spiro atoms. The minimum atomic E-state index is -0.895. The molecule has 0 saturated carbocycles. The summed E-state index contributed by atoms with van der Waals surface area (Å²) >= 11 is 6.33. The van der Waals surface area contributed by atoms with Gasteiger partial charge in [0.2, 0.25) is 0 Å². The molecule has 38 heavy (non-hydrogen) atoms. The Morgan fingerprint density at radius 1 is 1.03 bits per heavy atom. The van der Waals surface area contributed by atoms with Crippen LogP contribution in [-0.4, -0.2) is 35.3 Å². The lowest BCUT2D eigenvalue weighted by Crippen LogP contribution is -2.39. The van der Waals surface area contributed by atoms with Gasteiger partial charge in [0.05, 0.1) is 41.4 Å². The second-order valence-corrected chi connectivity index (χ2v) is 10.6. The summed E-state index contributed by atoms with van der Waals surface area (Å²) in [6.45, 7) is 4.20. The zero-order valence-corrected chi connectivity index (χ0v) is 22.1. The summed E-state index contributed by atoms with van der Waals surface area (Å²) < 4.78 is 14.0. The van der Waals surface area contributed by atoms with Crippen molar-refractivity contribution in [2.24, 2.45) is 11.3 Å². The van der Waals surface area contributed by atoms with Gasteiger partial charge in [0.25, 0.3) is 5.56 Å². The van der Waals surface area contributed by atoms with E-state index in [1.807, 2.05) is 60.9 Å². The van der Waals surface area contributed by atoms with Gasteiger partial charge < -0.3 is 14.0 Å². The molecule has 2 aromatic rings. The molecule has 0 saturated heterocycles. The third kappa shape index (κ3) is 3.31. The molecule has 4 aliphatic rings. The van der Waals surface area contributed by atoms with Gasteiger partial charge in [0.1, 0.15) is 5.92 Å². The molecule has 1 atom stereocenters.